The van der Waals surface area contributed by atoms with Crippen LogP contribution in [0.4, 0.5) is 0 Å². The number of rotatable bonds is 0. The SMILES string of the molecule is CN1C(=O)CN2C[C@H]1CC21C=CC(=O)C=C1. The zero-order chi connectivity index (χ0) is 11.3. The lowest BCUT2D eigenvalue weighted by Gasteiger charge is -2.35. The van der Waals surface area contributed by atoms with Crippen LogP contribution in [0.15, 0.2) is 24.3 Å². The van der Waals surface area contributed by atoms with Gasteiger partial charge in [-0.2, -0.15) is 0 Å². The lowest BCUT2D eigenvalue weighted by molar-refractivity contribution is -0.135. The molecule has 1 spiro atoms. The quantitative estimate of drug-likeness (QED) is 0.573. The zero-order valence-electron chi connectivity index (χ0n) is 9.22. The molecular formula is C12H14N2O2. The number of hydrogen-bond acceptors (Lipinski definition) is 3. The number of carbonyl (C=O) groups is 2. The highest BCUT2D eigenvalue weighted by atomic mass is 16.2. The Balaban J connectivity index is 1.95. The molecule has 4 heteroatoms. The molecule has 0 aromatic rings. The minimum absolute atomic E-state index is 0.0351. The van der Waals surface area contributed by atoms with E-state index < -0.39 is 0 Å². The van der Waals surface area contributed by atoms with E-state index in [0.29, 0.717) is 6.54 Å². The second-order valence-electron chi connectivity index (χ2n) is 4.80. The first-order valence-corrected chi connectivity index (χ1v) is 5.54. The Labute approximate surface area is 94.2 Å². The van der Waals surface area contributed by atoms with Crippen molar-refractivity contribution in [2.24, 2.45) is 0 Å². The van der Waals surface area contributed by atoms with Crippen molar-refractivity contribution in [3.05, 3.63) is 24.3 Å². The van der Waals surface area contributed by atoms with Crippen LogP contribution in [0.3, 0.4) is 0 Å². The lowest BCUT2D eigenvalue weighted by Crippen LogP contribution is -2.51. The number of allylic oxidation sites excluding steroid dienone is 2. The Hall–Kier alpha value is -1.42. The average molecular weight is 218 g/mol. The summed E-state index contributed by atoms with van der Waals surface area (Å²) in [5, 5.41) is 0. The van der Waals surface area contributed by atoms with Crippen molar-refractivity contribution in [2.75, 3.05) is 20.1 Å². The minimum Gasteiger partial charge on any atom is -0.340 e. The molecule has 0 aromatic carbocycles. The van der Waals surface area contributed by atoms with Gasteiger partial charge in [0.25, 0.3) is 0 Å². The van der Waals surface area contributed by atoms with Gasteiger partial charge in [0, 0.05) is 19.6 Å². The first-order valence-electron chi connectivity index (χ1n) is 5.54. The van der Waals surface area contributed by atoms with Crippen LogP contribution in [-0.2, 0) is 9.59 Å². The van der Waals surface area contributed by atoms with Gasteiger partial charge in [-0.15, -0.1) is 0 Å². The van der Waals surface area contributed by atoms with E-state index in [2.05, 4.69) is 4.90 Å². The molecule has 3 rings (SSSR count). The second-order valence-corrected chi connectivity index (χ2v) is 4.80. The maximum Gasteiger partial charge on any atom is 0.236 e. The van der Waals surface area contributed by atoms with Gasteiger partial charge in [-0.1, -0.05) is 12.2 Å². The van der Waals surface area contributed by atoms with Crippen molar-refractivity contribution in [3.8, 4) is 0 Å². The molecule has 0 radical (unpaired) electrons. The number of carbonyl (C=O) groups excluding carboxylic acids is 2. The van der Waals surface area contributed by atoms with Crippen molar-refractivity contribution in [1.29, 1.82) is 0 Å². The van der Waals surface area contributed by atoms with E-state index in [-0.39, 0.29) is 23.3 Å². The summed E-state index contributed by atoms with van der Waals surface area (Å²) in [4.78, 5) is 26.9. The summed E-state index contributed by atoms with van der Waals surface area (Å²) < 4.78 is 0. The molecule has 1 unspecified atom stereocenters. The van der Waals surface area contributed by atoms with Gasteiger partial charge in [0.1, 0.15) is 0 Å². The summed E-state index contributed by atoms with van der Waals surface area (Å²) in [6, 6.07) is 0.281. The Morgan fingerprint density at radius 1 is 1.31 bits per heavy atom. The number of ketones is 1. The highest BCUT2D eigenvalue weighted by Crippen LogP contribution is 2.38. The molecular weight excluding hydrogens is 204 g/mol. The largest absolute Gasteiger partial charge is 0.340 e. The summed E-state index contributed by atoms with van der Waals surface area (Å²) in [5.41, 5.74) is -0.195. The van der Waals surface area contributed by atoms with E-state index in [1.54, 1.807) is 12.2 Å². The first-order chi connectivity index (χ1) is 7.61. The molecule has 0 N–H and O–H groups in total. The van der Waals surface area contributed by atoms with Gasteiger partial charge < -0.3 is 4.90 Å². The Kier molecular flexibility index (Phi) is 1.86. The van der Waals surface area contributed by atoms with Crippen LogP contribution >= 0.6 is 0 Å². The molecule has 0 saturated carbocycles. The van der Waals surface area contributed by atoms with E-state index in [9.17, 15) is 9.59 Å². The van der Waals surface area contributed by atoms with Crippen LogP contribution in [0.25, 0.3) is 0 Å². The zero-order valence-corrected chi connectivity index (χ0v) is 9.22. The number of piperazine rings is 1. The summed E-state index contributed by atoms with van der Waals surface area (Å²) in [6.07, 6.45) is 8.02. The van der Waals surface area contributed by atoms with E-state index in [1.165, 1.54) is 0 Å². The fourth-order valence-corrected chi connectivity index (χ4v) is 2.86. The van der Waals surface area contributed by atoms with Crippen LogP contribution in [-0.4, -0.2) is 53.2 Å². The van der Waals surface area contributed by atoms with Gasteiger partial charge in [0.15, 0.2) is 5.78 Å². The topological polar surface area (TPSA) is 40.6 Å². The van der Waals surface area contributed by atoms with Crippen molar-refractivity contribution in [3.63, 3.8) is 0 Å². The second kappa shape index (κ2) is 3.04. The number of likely N-dealkylation sites (N-methyl/N-ethyl adjacent to an activating group) is 1. The average Bonchev–Trinajstić information content (AvgIpc) is 2.56. The molecule has 2 atom stereocenters. The third kappa shape index (κ3) is 1.19. The number of hydrogen-bond donors (Lipinski definition) is 0. The lowest BCUT2D eigenvalue weighted by atomic mass is 9.90. The highest BCUT2D eigenvalue weighted by Gasteiger charge is 2.49. The maximum atomic E-state index is 11.7. The predicted molar refractivity (Wildman–Crippen MR) is 58.8 cm³/mol. The van der Waals surface area contributed by atoms with Crippen molar-refractivity contribution >= 4 is 11.7 Å². The van der Waals surface area contributed by atoms with Crippen LogP contribution in [0.1, 0.15) is 6.42 Å². The number of fused-ring (bicyclic) bond motifs is 3. The number of amides is 1. The fourth-order valence-electron chi connectivity index (χ4n) is 2.86. The van der Waals surface area contributed by atoms with Gasteiger partial charge in [0.2, 0.25) is 5.91 Å². The molecule has 2 aliphatic heterocycles. The van der Waals surface area contributed by atoms with Crippen molar-refractivity contribution in [2.45, 2.75) is 18.0 Å². The standard InChI is InChI=1S/C12H14N2O2/c1-13-9-6-12(4-2-10(15)3-5-12)14(7-9)8-11(13)16/h2-5,9H,6-8H2,1H3/t9-/m1/s1. The van der Waals surface area contributed by atoms with Crippen LogP contribution < -0.4 is 0 Å². The molecule has 84 valence electrons. The summed E-state index contributed by atoms with van der Waals surface area (Å²) in [6.45, 7) is 1.36. The van der Waals surface area contributed by atoms with E-state index in [1.807, 2.05) is 24.1 Å². The fraction of sp³-hybridized carbons (Fsp3) is 0.500. The van der Waals surface area contributed by atoms with Crippen LogP contribution in [0.2, 0.25) is 0 Å². The Morgan fingerprint density at radius 3 is 2.69 bits per heavy atom. The smallest absolute Gasteiger partial charge is 0.236 e. The molecule has 1 amide bonds. The van der Waals surface area contributed by atoms with Crippen molar-refractivity contribution in [1.82, 2.24) is 9.80 Å². The van der Waals surface area contributed by atoms with Gasteiger partial charge in [0.05, 0.1) is 12.1 Å². The molecule has 2 saturated heterocycles. The van der Waals surface area contributed by atoms with Crippen LogP contribution in [0.5, 0.6) is 0 Å². The van der Waals surface area contributed by atoms with Gasteiger partial charge in [-0.25, -0.2) is 0 Å². The molecule has 2 fully saturated rings. The molecule has 2 bridgehead atoms. The Bertz CT molecular complexity index is 409. The van der Waals surface area contributed by atoms with Crippen LogP contribution in [0, 0.1) is 0 Å². The van der Waals surface area contributed by atoms with E-state index in [4.69, 9.17) is 0 Å². The number of nitrogens with zero attached hydrogens (tertiary/aromatic N) is 2. The van der Waals surface area contributed by atoms with Gasteiger partial charge >= 0.3 is 0 Å². The van der Waals surface area contributed by atoms with Crippen molar-refractivity contribution < 1.29 is 9.59 Å². The third-order valence-corrected chi connectivity index (χ3v) is 3.92. The van der Waals surface area contributed by atoms with Gasteiger partial charge in [-0.3, -0.25) is 14.5 Å². The maximum absolute atomic E-state index is 11.7. The highest BCUT2D eigenvalue weighted by molar-refractivity contribution is 6.00. The predicted octanol–water partition coefficient (Wildman–Crippen LogP) is -0.0334. The summed E-state index contributed by atoms with van der Waals surface area (Å²) in [5.74, 6) is 0.208. The molecule has 1 aliphatic carbocycles. The first kappa shape index (κ1) is 9.78. The summed E-state index contributed by atoms with van der Waals surface area (Å²) in [7, 11) is 1.87. The van der Waals surface area contributed by atoms with Gasteiger partial charge in [-0.05, 0) is 18.6 Å². The monoisotopic (exact) mass is 218 g/mol. The normalized spacial score (nSPS) is 35.2. The summed E-state index contributed by atoms with van der Waals surface area (Å²) >= 11 is 0. The molecule has 3 aliphatic rings. The Morgan fingerprint density at radius 2 is 2.00 bits per heavy atom. The third-order valence-electron chi connectivity index (χ3n) is 3.92. The van der Waals surface area contributed by atoms with E-state index >= 15 is 0 Å². The molecule has 0 aromatic heterocycles. The minimum atomic E-state index is -0.195. The molecule has 16 heavy (non-hydrogen) atoms. The molecule has 4 nitrogen and oxygen atoms in total. The van der Waals surface area contributed by atoms with E-state index in [0.717, 1.165) is 13.0 Å². The molecule has 2 heterocycles.